The lowest BCUT2D eigenvalue weighted by molar-refractivity contribution is 0.261. The zero-order valence-electron chi connectivity index (χ0n) is 11.9. The summed E-state index contributed by atoms with van der Waals surface area (Å²) in [5.41, 5.74) is 6.55. The number of nitrogen functional groups attached to an aromatic ring is 1. The van der Waals surface area contributed by atoms with E-state index in [9.17, 15) is 0 Å². The van der Waals surface area contributed by atoms with Gasteiger partial charge >= 0.3 is 0 Å². The molecule has 1 aliphatic rings. The molecule has 1 saturated carbocycles. The van der Waals surface area contributed by atoms with E-state index in [2.05, 4.69) is 18.8 Å². The van der Waals surface area contributed by atoms with Gasteiger partial charge in [-0.3, -0.25) is 0 Å². The molecule has 1 aliphatic carbocycles. The molecule has 0 amide bonds. The van der Waals surface area contributed by atoms with Crippen molar-refractivity contribution in [1.82, 2.24) is 4.98 Å². The number of thioether (sulfide) groups is 1. The molecule has 4 heteroatoms. The van der Waals surface area contributed by atoms with Gasteiger partial charge in [-0.05, 0) is 30.9 Å². The molecule has 0 unspecified atom stereocenters. The number of hydrogen-bond acceptors (Lipinski definition) is 4. The molecule has 19 heavy (non-hydrogen) atoms. The van der Waals surface area contributed by atoms with Crippen molar-refractivity contribution in [3.63, 3.8) is 0 Å². The summed E-state index contributed by atoms with van der Waals surface area (Å²) in [6, 6.07) is 3.92. The predicted molar refractivity (Wildman–Crippen MR) is 81.7 cm³/mol. The number of pyridine rings is 1. The van der Waals surface area contributed by atoms with Crippen LogP contribution in [0.25, 0.3) is 0 Å². The van der Waals surface area contributed by atoms with Crippen LogP contribution in [0.5, 0.6) is 5.88 Å². The van der Waals surface area contributed by atoms with Gasteiger partial charge in [-0.1, -0.05) is 33.1 Å². The first-order valence-corrected chi connectivity index (χ1v) is 8.09. The SMILES string of the molecule is CC(C)COc1nc(SC2CCCCC2)ccc1N. The van der Waals surface area contributed by atoms with Gasteiger partial charge in [0.2, 0.25) is 5.88 Å². The van der Waals surface area contributed by atoms with E-state index in [1.54, 1.807) is 0 Å². The molecular formula is C15H24N2OS. The molecule has 1 aromatic rings. The van der Waals surface area contributed by atoms with Crippen LogP contribution in [0.15, 0.2) is 17.2 Å². The van der Waals surface area contributed by atoms with Gasteiger partial charge in [0.25, 0.3) is 0 Å². The number of rotatable bonds is 5. The van der Waals surface area contributed by atoms with Gasteiger partial charge in [0.1, 0.15) is 5.03 Å². The minimum Gasteiger partial charge on any atom is -0.476 e. The molecule has 2 N–H and O–H groups in total. The smallest absolute Gasteiger partial charge is 0.238 e. The van der Waals surface area contributed by atoms with Crippen molar-refractivity contribution in [2.45, 2.75) is 56.2 Å². The zero-order chi connectivity index (χ0) is 13.7. The minimum atomic E-state index is 0.482. The Morgan fingerprint density at radius 3 is 2.74 bits per heavy atom. The highest BCUT2D eigenvalue weighted by Crippen LogP contribution is 2.34. The van der Waals surface area contributed by atoms with Crippen molar-refractivity contribution >= 4 is 17.4 Å². The number of nitrogens with two attached hydrogens (primary N) is 1. The zero-order valence-corrected chi connectivity index (χ0v) is 12.7. The second-order valence-electron chi connectivity index (χ2n) is 5.63. The number of ether oxygens (including phenoxy) is 1. The molecule has 1 fully saturated rings. The maximum absolute atomic E-state index is 5.91. The van der Waals surface area contributed by atoms with Crippen LogP contribution in [-0.2, 0) is 0 Å². The van der Waals surface area contributed by atoms with Gasteiger partial charge in [-0.2, -0.15) is 0 Å². The molecule has 106 valence electrons. The van der Waals surface area contributed by atoms with Crippen LogP contribution in [0, 0.1) is 5.92 Å². The quantitative estimate of drug-likeness (QED) is 0.881. The fourth-order valence-corrected chi connectivity index (χ4v) is 3.41. The van der Waals surface area contributed by atoms with Gasteiger partial charge in [-0.25, -0.2) is 4.98 Å². The second kappa shape index (κ2) is 7.04. The highest BCUT2D eigenvalue weighted by molar-refractivity contribution is 7.99. The first kappa shape index (κ1) is 14.5. The van der Waals surface area contributed by atoms with E-state index in [-0.39, 0.29) is 0 Å². The lowest BCUT2D eigenvalue weighted by atomic mass is 10.0. The van der Waals surface area contributed by atoms with Gasteiger partial charge < -0.3 is 10.5 Å². The summed E-state index contributed by atoms with van der Waals surface area (Å²) in [6.45, 7) is 4.91. The minimum absolute atomic E-state index is 0.482. The molecule has 1 heterocycles. The third kappa shape index (κ3) is 4.60. The van der Waals surface area contributed by atoms with E-state index < -0.39 is 0 Å². The van der Waals surface area contributed by atoms with Crippen molar-refractivity contribution in [1.29, 1.82) is 0 Å². The van der Waals surface area contributed by atoms with Gasteiger partial charge in [0, 0.05) is 5.25 Å². The van der Waals surface area contributed by atoms with E-state index in [1.165, 1.54) is 32.1 Å². The third-order valence-electron chi connectivity index (χ3n) is 3.26. The molecule has 0 bridgehead atoms. The van der Waals surface area contributed by atoms with Crippen LogP contribution in [0.2, 0.25) is 0 Å². The Morgan fingerprint density at radius 1 is 1.32 bits per heavy atom. The molecule has 0 atom stereocenters. The largest absolute Gasteiger partial charge is 0.476 e. The summed E-state index contributed by atoms with van der Waals surface area (Å²) < 4.78 is 5.68. The van der Waals surface area contributed by atoms with E-state index in [0.717, 1.165) is 5.03 Å². The summed E-state index contributed by atoms with van der Waals surface area (Å²) in [7, 11) is 0. The Labute approximate surface area is 120 Å². The number of nitrogens with zero attached hydrogens (tertiary/aromatic N) is 1. The first-order chi connectivity index (χ1) is 9.15. The summed E-state index contributed by atoms with van der Waals surface area (Å²) in [6.07, 6.45) is 6.69. The number of anilines is 1. The maximum Gasteiger partial charge on any atom is 0.238 e. The average Bonchev–Trinajstić information content (AvgIpc) is 2.40. The van der Waals surface area contributed by atoms with Crippen LogP contribution in [0.1, 0.15) is 46.0 Å². The standard InChI is InChI=1S/C15H24N2OS/c1-11(2)10-18-15-13(16)8-9-14(17-15)19-12-6-4-3-5-7-12/h8-9,11-12H,3-7,10,16H2,1-2H3. The highest BCUT2D eigenvalue weighted by atomic mass is 32.2. The van der Waals surface area contributed by atoms with Crippen LogP contribution < -0.4 is 10.5 Å². The Hall–Kier alpha value is -0.900. The van der Waals surface area contributed by atoms with Crippen molar-refractivity contribution in [3.8, 4) is 5.88 Å². The van der Waals surface area contributed by atoms with Gasteiger partial charge in [-0.15, -0.1) is 11.8 Å². The number of aromatic nitrogens is 1. The molecule has 0 aliphatic heterocycles. The first-order valence-electron chi connectivity index (χ1n) is 7.21. The predicted octanol–water partition coefficient (Wildman–Crippen LogP) is 4.12. The lowest BCUT2D eigenvalue weighted by Gasteiger charge is -2.20. The van der Waals surface area contributed by atoms with Crippen molar-refractivity contribution in [2.24, 2.45) is 5.92 Å². The van der Waals surface area contributed by atoms with E-state index in [1.807, 2.05) is 23.9 Å². The Kier molecular flexibility index (Phi) is 5.37. The molecular weight excluding hydrogens is 256 g/mol. The average molecular weight is 280 g/mol. The molecule has 0 saturated heterocycles. The van der Waals surface area contributed by atoms with Crippen molar-refractivity contribution < 1.29 is 4.74 Å². The van der Waals surface area contributed by atoms with E-state index >= 15 is 0 Å². The van der Waals surface area contributed by atoms with E-state index in [0.29, 0.717) is 29.3 Å². The monoisotopic (exact) mass is 280 g/mol. The topological polar surface area (TPSA) is 48.1 Å². The summed E-state index contributed by atoms with van der Waals surface area (Å²) in [5.74, 6) is 1.07. The fourth-order valence-electron chi connectivity index (χ4n) is 2.21. The third-order valence-corrected chi connectivity index (χ3v) is 4.53. The van der Waals surface area contributed by atoms with Crippen LogP contribution in [-0.4, -0.2) is 16.8 Å². The van der Waals surface area contributed by atoms with Gasteiger partial charge in [0.15, 0.2) is 0 Å². The molecule has 0 aromatic carbocycles. The van der Waals surface area contributed by atoms with Crippen LogP contribution >= 0.6 is 11.8 Å². The van der Waals surface area contributed by atoms with Crippen molar-refractivity contribution in [2.75, 3.05) is 12.3 Å². The van der Waals surface area contributed by atoms with Crippen LogP contribution in [0.4, 0.5) is 5.69 Å². The summed E-state index contributed by atoms with van der Waals surface area (Å²) in [5, 5.41) is 1.75. The maximum atomic E-state index is 5.91. The number of hydrogen-bond donors (Lipinski definition) is 1. The molecule has 0 spiro atoms. The van der Waals surface area contributed by atoms with E-state index in [4.69, 9.17) is 10.5 Å². The Morgan fingerprint density at radius 2 is 2.05 bits per heavy atom. The Bertz CT molecular complexity index is 403. The highest BCUT2D eigenvalue weighted by Gasteiger charge is 2.16. The normalized spacial score (nSPS) is 16.8. The lowest BCUT2D eigenvalue weighted by Crippen LogP contribution is -2.10. The fraction of sp³-hybridized carbons (Fsp3) is 0.667. The Balaban J connectivity index is 1.98. The summed E-state index contributed by atoms with van der Waals surface area (Å²) in [4.78, 5) is 4.55. The molecule has 3 nitrogen and oxygen atoms in total. The molecule has 1 aromatic heterocycles. The van der Waals surface area contributed by atoms with Gasteiger partial charge in [0.05, 0.1) is 12.3 Å². The molecule has 2 rings (SSSR count). The summed E-state index contributed by atoms with van der Waals surface area (Å²) >= 11 is 1.87. The molecule has 0 radical (unpaired) electrons. The second-order valence-corrected chi connectivity index (χ2v) is 6.95. The van der Waals surface area contributed by atoms with Crippen molar-refractivity contribution in [3.05, 3.63) is 12.1 Å². The van der Waals surface area contributed by atoms with Crippen LogP contribution in [0.3, 0.4) is 0 Å².